The number of carbonyl (C=O) groups excluding carboxylic acids is 2. The molecule has 0 saturated carbocycles. The minimum atomic E-state index is -4.69. The maximum atomic E-state index is 13.5. The molecule has 398 valence electrons. The van der Waals surface area contributed by atoms with E-state index < -0.39 is 26.6 Å². The van der Waals surface area contributed by atoms with Crippen LogP contribution in [-0.2, 0) is 27.9 Å². The summed E-state index contributed by atoms with van der Waals surface area (Å²) in [7, 11) is 1.18. The number of ether oxygens (including phenoxy) is 1. The van der Waals surface area contributed by atoms with Gasteiger partial charge in [-0.15, -0.1) is 0 Å². The molecule has 3 atom stereocenters. The van der Waals surface area contributed by atoms with Crippen molar-refractivity contribution in [1.29, 1.82) is 0 Å². The van der Waals surface area contributed by atoms with Crippen molar-refractivity contribution in [3.8, 4) is 0 Å². The van der Waals surface area contributed by atoms with E-state index in [0.717, 1.165) is 83.5 Å². The fourth-order valence-electron chi connectivity index (χ4n) is 8.12. The molecule has 0 spiro atoms. The molecule has 68 heavy (non-hydrogen) atoms. The van der Waals surface area contributed by atoms with Crippen LogP contribution in [-0.4, -0.2) is 69.4 Å². The number of esters is 1. The van der Waals surface area contributed by atoms with Crippen molar-refractivity contribution in [2.75, 3.05) is 40.9 Å². The van der Waals surface area contributed by atoms with Crippen LogP contribution in [0, 0.1) is 0 Å². The second-order valence-electron chi connectivity index (χ2n) is 20.4. The smallest absolute Gasteiger partial charge is 0.306 e. The normalized spacial score (nSPS) is 14.2. The lowest BCUT2D eigenvalue weighted by atomic mass is 10.0. The quantitative estimate of drug-likeness (QED) is 0.0212. The zero-order chi connectivity index (χ0) is 50.1. The molecular weight excluding hydrogens is 868 g/mol. The Morgan fingerprint density at radius 1 is 0.529 bits per heavy atom. The molecule has 0 heterocycles. The molecule has 0 aromatic carbocycles. The van der Waals surface area contributed by atoms with Gasteiger partial charge in [-0.05, 0) is 63.9 Å². The number of rotatable bonds is 51. The molecular formula is C58H109N2O7P. The predicted octanol–water partition coefficient (Wildman–Crippen LogP) is 16.3. The van der Waals surface area contributed by atoms with Gasteiger partial charge in [-0.25, -0.2) is 0 Å². The van der Waals surface area contributed by atoms with Gasteiger partial charge in [0.05, 0.1) is 33.8 Å². The number of carbonyl (C=O) groups is 2. The summed E-state index contributed by atoms with van der Waals surface area (Å²) in [5, 5.41) is 3.02. The van der Waals surface area contributed by atoms with Crippen LogP contribution in [0.3, 0.4) is 0 Å². The van der Waals surface area contributed by atoms with Gasteiger partial charge in [0.25, 0.3) is 7.82 Å². The second kappa shape index (κ2) is 48.6. The summed E-state index contributed by atoms with van der Waals surface area (Å²) < 4.78 is 30.2. The molecule has 3 unspecified atom stereocenters. The van der Waals surface area contributed by atoms with Gasteiger partial charge in [-0.3, -0.25) is 14.2 Å². The number of phosphoric ester groups is 1. The Balaban J connectivity index is 5.37. The first kappa shape index (κ1) is 66.0. The summed E-state index contributed by atoms with van der Waals surface area (Å²) in [6, 6.07) is -0.893. The van der Waals surface area contributed by atoms with Crippen LogP contribution >= 0.6 is 7.82 Å². The molecule has 1 N–H and O–H groups in total. The van der Waals surface area contributed by atoms with Crippen molar-refractivity contribution in [2.24, 2.45) is 0 Å². The summed E-state index contributed by atoms with van der Waals surface area (Å²) in [6.45, 7) is 6.72. The van der Waals surface area contributed by atoms with Gasteiger partial charge in [0.2, 0.25) is 5.91 Å². The maximum absolute atomic E-state index is 13.5. The second-order valence-corrected chi connectivity index (χ2v) is 21.8. The van der Waals surface area contributed by atoms with Crippen LogP contribution in [0.1, 0.15) is 258 Å². The van der Waals surface area contributed by atoms with E-state index >= 15 is 0 Å². The Hall–Kier alpha value is -2.03. The predicted molar refractivity (Wildman–Crippen MR) is 289 cm³/mol. The van der Waals surface area contributed by atoms with Crippen LogP contribution in [0.15, 0.2) is 48.6 Å². The Morgan fingerprint density at radius 3 is 1.41 bits per heavy atom. The Bertz CT molecular complexity index is 1310. The number of nitrogens with zero attached hydrogens (tertiary/aromatic N) is 1. The molecule has 10 heteroatoms. The highest BCUT2D eigenvalue weighted by molar-refractivity contribution is 7.45. The molecule has 0 fully saturated rings. The van der Waals surface area contributed by atoms with Gasteiger partial charge in [0, 0.05) is 12.8 Å². The van der Waals surface area contributed by atoms with E-state index in [1.54, 1.807) is 0 Å². The SMILES string of the molecule is CC/C=C/C/C=C/C/C=C/CCCCCCC(=O)OC(/C=C/CCCCCCCCCCCC)C(COP(=O)([O-])OCC[N+](C)(C)C)NC(=O)CCCCCCCCCCCCCCCCCC. The fraction of sp³-hybridized carbons (Fsp3) is 0.828. The van der Waals surface area contributed by atoms with Crippen LogP contribution < -0.4 is 10.2 Å². The first-order chi connectivity index (χ1) is 32.9. The van der Waals surface area contributed by atoms with Crippen molar-refractivity contribution < 1.29 is 37.3 Å². The van der Waals surface area contributed by atoms with E-state index in [-0.39, 0.29) is 24.9 Å². The number of quaternary nitrogens is 1. The molecule has 0 aliphatic carbocycles. The van der Waals surface area contributed by atoms with Gasteiger partial charge < -0.3 is 28.5 Å². The van der Waals surface area contributed by atoms with E-state index in [1.165, 1.54) is 135 Å². The third kappa shape index (κ3) is 49.0. The van der Waals surface area contributed by atoms with Gasteiger partial charge in [-0.2, -0.15) is 0 Å². The van der Waals surface area contributed by atoms with Crippen molar-refractivity contribution in [1.82, 2.24) is 5.32 Å². The van der Waals surface area contributed by atoms with Gasteiger partial charge >= 0.3 is 5.97 Å². The minimum absolute atomic E-state index is 0.0252. The average Bonchev–Trinajstić information content (AvgIpc) is 3.29. The van der Waals surface area contributed by atoms with Crippen LogP contribution in [0.2, 0.25) is 0 Å². The molecule has 0 aliphatic heterocycles. The molecule has 1 amide bonds. The highest BCUT2D eigenvalue weighted by Gasteiger charge is 2.27. The highest BCUT2D eigenvalue weighted by atomic mass is 31.2. The summed E-state index contributed by atoms with van der Waals surface area (Å²) in [5.41, 5.74) is 0. The van der Waals surface area contributed by atoms with Gasteiger partial charge in [0.15, 0.2) is 0 Å². The maximum Gasteiger partial charge on any atom is 0.306 e. The average molecular weight is 977 g/mol. The Labute approximate surface area is 420 Å². The molecule has 0 bridgehead atoms. The lowest BCUT2D eigenvalue weighted by Gasteiger charge is -2.30. The number of phosphoric acid groups is 1. The van der Waals surface area contributed by atoms with E-state index in [0.29, 0.717) is 23.9 Å². The molecule has 0 saturated heterocycles. The number of hydrogen-bond donors (Lipinski definition) is 1. The number of nitrogens with one attached hydrogen (secondary N) is 1. The third-order valence-electron chi connectivity index (χ3n) is 12.5. The van der Waals surface area contributed by atoms with Crippen LogP contribution in [0.5, 0.6) is 0 Å². The van der Waals surface area contributed by atoms with Crippen molar-refractivity contribution >= 4 is 19.7 Å². The number of allylic oxidation sites excluding steroid dienone is 7. The van der Waals surface area contributed by atoms with Crippen molar-refractivity contribution in [3.05, 3.63) is 48.6 Å². The Kier molecular flexibility index (Phi) is 47.1. The summed E-state index contributed by atoms with van der Waals surface area (Å²) in [6.07, 6.45) is 57.9. The number of hydrogen-bond acceptors (Lipinski definition) is 7. The Morgan fingerprint density at radius 2 is 0.941 bits per heavy atom. The number of unbranched alkanes of at least 4 members (excludes halogenated alkanes) is 29. The first-order valence-corrected chi connectivity index (χ1v) is 29.9. The van der Waals surface area contributed by atoms with Gasteiger partial charge in [-0.1, -0.05) is 230 Å². The third-order valence-corrected chi connectivity index (χ3v) is 13.5. The lowest BCUT2D eigenvalue weighted by molar-refractivity contribution is -0.870. The molecule has 9 nitrogen and oxygen atoms in total. The zero-order valence-corrected chi connectivity index (χ0v) is 46.2. The standard InChI is InChI=1S/C58H109N2O7P/c1-7-10-13-16-19-22-25-28-30-31-32-35-38-41-44-47-50-57(61)59-55(54-66-68(63,64)65-53-52-60(4,5)6)56(49-46-43-40-37-34-27-24-21-18-15-12-9-3)67-58(62)51-48-45-42-39-36-33-29-26-23-20-17-14-11-8-2/h11,14,20,23,29,33,46,49,55-56H,7-10,12-13,15-19,21-22,24-28,30-32,34-45,47-48,50-54H2,1-6H3,(H-,59,61,63,64)/b14-11+,23-20+,33-29+,49-46+. The molecule has 0 aromatic heterocycles. The molecule has 0 rings (SSSR count). The monoisotopic (exact) mass is 977 g/mol. The summed E-state index contributed by atoms with van der Waals surface area (Å²) >= 11 is 0. The lowest BCUT2D eigenvalue weighted by Crippen LogP contribution is -2.47. The first-order valence-electron chi connectivity index (χ1n) is 28.4. The van der Waals surface area contributed by atoms with Crippen LogP contribution in [0.25, 0.3) is 0 Å². The van der Waals surface area contributed by atoms with E-state index in [1.807, 2.05) is 33.3 Å². The highest BCUT2D eigenvalue weighted by Crippen LogP contribution is 2.38. The number of amides is 1. The summed E-state index contributed by atoms with van der Waals surface area (Å²) in [4.78, 5) is 39.8. The van der Waals surface area contributed by atoms with Crippen LogP contribution in [0.4, 0.5) is 0 Å². The molecule has 0 aliphatic rings. The fourth-order valence-corrected chi connectivity index (χ4v) is 8.85. The van der Waals surface area contributed by atoms with E-state index in [2.05, 4.69) is 62.5 Å². The topological polar surface area (TPSA) is 114 Å². The summed E-state index contributed by atoms with van der Waals surface area (Å²) in [5.74, 6) is -0.561. The molecule has 0 aromatic rings. The zero-order valence-electron chi connectivity index (χ0n) is 45.3. The van der Waals surface area contributed by atoms with E-state index in [9.17, 15) is 19.0 Å². The van der Waals surface area contributed by atoms with Crippen molar-refractivity contribution in [2.45, 2.75) is 270 Å². The molecule has 0 radical (unpaired) electrons. The van der Waals surface area contributed by atoms with Crippen molar-refractivity contribution in [3.63, 3.8) is 0 Å². The minimum Gasteiger partial charge on any atom is -0.756 e. The number of likely N-dealkylation sites (N-methyl/N-ethyl adjacent to an activating group) is 1. The largest absolute Gasteiger partial charge is 0.756 e. The van der Waals surface area contributed by atoms with E-state index in [4.69, 9.17) is 13.8 Å². The van der Waals surface area contributed by atoms with Gasteiger partial charge in [0.1, 0.15) is 19.3 Å².